The molecule has 0 aromatic rings. The largest absolute Gasteiger partial charge is 0.385 e. The van der Waals surface area contributed by atoms with Gasteiger partial charge in [0.1, 0.15) is 0 Å². The lowest BCUT2D eigenvalue weighted by Gasteiger charge is -1.92. The first-order chi connectivity index (χ1) is 3.81. The summed E-state index contributed by atoms with van der Waals surface area (Å²) >= 11 is 1.75. The maximum atomic E-state index is 7.09. The molecule has 0 aliphatic carbocycles. The summed E-state index contributed by atoms with van der Waals surface area (Å²) in [6, 6.07) is 0. The first-order valence-corrected chi connectivity index (χ1v) is 3.64. The first kappa shape index (κ1) is 5.45. The molecular weight excluding hydrogens is 108 g/mol. The summed E-state index contributed by atoms with van der Waals surface area (Å²) in [5.41, 5.74) is 0. The van der Waals surface area contributed by atoms with Gasteiger partial charge in [-0.1, -0.05) is 0 Å². The zero-order valence-electron chi connectivity index (χ0n) is 5.81. The van der Waals surface area contributed by atoms with Crippen molar-refractivity contribution in [3.05, 3.63) is 0 Å². The van der Waals surface area contributed by atoms with E-state index >= 15 is 0 Å². The molecule has 0 aromatic carbocycles. The Labute approximate surface area is 50.8 Å². The van der Waals surface area contributed by atoms with E-state index in [2.05, 4.69) is 0 Å². The van der Waals surface area contributed by atoms with Crippen LogP contribution in [0.15, 0.2) is 0 Å². The third-order valence-electron chi connectivity index (χ3n) is 0.606. The predicted octanol–water partition coefficient (Wildman–Crippen LogP) is 1.39. The normalized spacial score (nSPS) is 16.0. The second-order valence-corrected chi connectivity index (χ2v) is 2.17. The van der Waals surface area contributed by atoms with Crippen LogP contribution in [0.25, 0.3) is 0 Å². The summed E-state index contributed by atoms with van der Waals surface area (Å²) in [5.74, 6) is 1.02. The van der Waals surface area contributed by atoms with Crippen molar-refractivity contribution in [2.45, 2.75) is 6.42 Å². The molecular formula is C5H12OS. The summed E-state index contributed by atoms with van der Waals surface area (Å²) in [4.78, 5) is 0. The van der Waals surface area contributed by atoms with Crippen molar-refractivity contribution in [3.8, 4) is 0 Å². The smallest absolute Gasteiger partial charge is 0.0567 e. The SMILES string of the molecule is [2H]C(CCSC)OC. The molecule has 44 valence electrons. The Hall–Kier alpha value is 0.310. The fourth-order valence-electron chi connectivity index (χ4n) is 0.284. The lowest BCUT2D eigenvalue weighted by atomic mass is 10.5. The molecule has 0 N–H and O–H groups in total. The topological polar surface area (TPSA) is 9.23 Å². The molecule has 7 heavy (non-hydrogen) atoms. The van der Waals surface area contributed by atoms with E-state index in [9.17, 15) is 0 Å². The molecule has 1 atom stereocenters. The Morgan fingerprint density at radius 1 is 1.86 bits per heavy atom. The molecule has 0 aliphatic rings. The van der Waals surface area contributed by atoms with Crippen LogP contribution in [0.5, 0.6) is 0 Å². The number of methoxy groups -OCH3 is 1. The van der Waals surface area contributed by atoms with Crippen molar-refractivity contribution in [1.82, 2.24) is 0 Å². The average molecular weight is 121 g/mol. The van der Waals surface area contributed by atoms with Crippen LogP contribution < -0.4 is 0 Å². The van der Waals surface area contributed by atoms with Gasteiger partial charge in [0, 0.05) is 13.7 Å². The third-order valence-corrected chi connectivity index (χ3v) is 1.25. The molecule has 1 unspecified atom stereocenters. The fraction of sp³-hybridized carbons (Fsp3) is 1.00. The standard InChI is InChI=1S/C5H12OS/c1-6-4-3-5-7-2/h3-5H2,1-2H3/i4D. The Kier molecular flexibility index (Phi) is 4.91. The summed E-state index contributed by atoms with van der Waals surface area (Å²) in [7, 11) is 1.57. The van der Waals surface area contributed by atoms with Gasteiger partial charge in [-0.25, -0.2) is 0 Å². The molecule has 0 fully saturated rings. The third kappa shape index (κ3) is 6.31. The number of hydrogen-bond donors (Lipinski definition) is 0. The molecule has 1 nitrogen and oxygen atoms in total. The highest BCUT2D eigenvalue weighted by Crippen LogP contribution is 1.93. The fourth-order valence-corrected chi connectivity index (χ4v) is 0.616. The quantitative estimate of drug-likeness (QED) is 0.556. The highest BCUT2D eigenvalue weighted by atomic mass is 32.2. The van der Waals surface area contributed by atoms with E-state index in [1.54, 1.807) is 18.9 Å². The maximum absolute atomic E-state index is 7.09. The molecule has 0 saturated heterocycles. The van der Waals surface area contributed by atoms with Crippen LogP contribution in [-0.2, 0) is 4.74 Å². The van der Waals surface area contributed by atoms with Crippen molar-refractivity contribution in [1.29, 1.82) is 0 Å². The Morgan fingerprint density at radius 3 is 3.00 bits per heavy atom. The molecule has 0 aliphatic heterocycles. The summed E-state index contributed by atoms with van der Waals surface area (Å²) in [6.45, 7) is -0.317. The van der Waals surface area contributed by atoms with Crippen molar-refractivity contribution >= 4 is 11.8 Å². The summed E-state index contributed by atoms with van der Waals surface area (Å²) in [6.07, 6.45) is 2.86. The van der Waals surface area contributed by atoms with Gasteiger partial charge in [-0.3, -0.25) is 0 Å². The van der Waals surface area contributed by atoms with Crippen molar-refractivity contribution < 1.29 is 6.11 Å². The molecule has 0 saturated carbocycles. The van der Waals surface area contributed by atoms with Crippen LogP contribution in [-0.4, -0.2) is 25.7 Å². The Bertz CT molecular complexity index is 51.7. The predicted molar refractivity (Wildman–Crippen MR) is 34.9 cm³/mol. The lowest BCUT2D eigenvalue weighted by Crippen LogP contribution is -1.88. The van der Waals surface area contributed by atoms with Gasteiger partial charge in [-0.2, -0.15) is 11.8 Å². The molecule has 0 heterocycles. The second kappa shape index (κ2) is 6.31. The van der Waals surface area contributed by atoms with E-state index in [1.165, 1.54) is 0 Å². The van der Waals surface area contributed by atoms with Gasteiger partial charge in [0.25, 0.3) is 0 Å². The average Bonchev–Trinajstić information content (AvgIpc) is 1.83. The monoisotopic (exact) mass is 121 g/mol. The summed E-state index contributed by atoms with van der Waals surface area (Å²) < 4.78 is 11.8. The van der Waals surface area contributed by atoms with Gasteiger partial charge in [0.15, 0.2) is 0 Å². The molecule has 0 amide bonds. The molecule has 0 aromatic heterocycles. The maximum Gasteiger partial charge on any atom is 0.0567 e. The van der Waals surface area contributed by atoms with Crippen LogP contribution in [0.1, 0.15) is 7.79 Å². The van der Waals surface area contributed by atoms with Gasteiger partial charge >= 0.3 is 0 Å². The van der Waals surface area contributed by atoms with E-state index in [0.29, 0.717) is 0 Å². The number of hydrogen-bond acceptors (Lipinski definition) is 2. The molecule has 0 rings (SSSR count). The Balaban J connectivity index is 2.86. The van der Waals surface area contributed by atoms with E-state index in [0.717, 1.165) is 12.2 Å². The minimum absolute atomic E-state index is 0.317. The van der Waals surface area contributed by atoms with Gasteiger partial charge < -0.3 is 4.74 Å². The molecule has 2 heteroatoms. The molecule has 0 spiro atoms. The van der Waals surface area contributed by atoms with Crippen LogP contribution in [0.3, 0.4) is 0 Å². The van der Waals surface area contributed by atoms with E-state index in [4.69, 9.17) is 6.11 Å². The van der Waals surface area contributed by atoms with Crippen molar-refractivity contribution in [2.24, 2.45) is 0 Å². The van der Waals surface area contributed by atoms with Gasteiger partial charge in [-0.05, 0) is 18.4 Å². The van der Waals surface area contributed by atoms with Crippen LogP contribution in [0.4, 0.5) is 0 Å². The number of thioether (sulfide) groups is 1. The zero-order chi connectivity index (χ0) is 6.41. The zero-order valence-corrected chi connectivity index (χ0v) is 5.62. The minimum atomic E-state index is -0.317. The van der Waals surface area contributed by atoms with Gasteiger partial charge in [0.2, 0.25) is 0 Å². The molecule has 0 bridgehead atoms. The number of ether oxygens (including phenoxy) is 1. The minimum Gasteiger partial charge on any atom is -0.385 e. The second-order valence-electron chi connectivity index (χ2n) is 1.18. The van der Waals surface area contributed by atoms with Gasteiger partial charge in [-0.15, -0.1) is 0 Å². The highest BCUT2D eigenvalue weighted by Gasteiger charge is 1.80. The summed E-state index contributed by atoms with van der Waals surface area (Å²) in [5, 5.41) is 0. The first-order valence-electron chi connectivity index (χ1n) is 2.83. The van der Waals surface area contributed by atoms with Crippen LogP contribution in [0, 0.1) is 0 Å². The van der Waals surface area contributed by atoms with E-state index in [-0.39, 0.29) is 6.58 Å². The van der Waals surface area contributed by atoms with Crippen LogP contribution in [0.2, 0.25) is 0 Å². The van der Waals surface area contributed by atoms with E-state index in [1.807, 2.05) is 6.26 Å². The van der Waals surface area contributed by atoms with Crippen molar-refractivity contribution in [2.75, 3.05) is 25.7 Å². The van der Waals surface area contributed by atoms with Crippen molar-refractivity contribution in [3.63, 3.8) is 0 Å². The lowest BCUT2D eigenvalue weighted by molar-refractivity contribution is 0.200. The Morgan fingerprint density at radius 2 is 2.57 bits per heavy atom. The number of rotatable bonds is 4. The van der Waals surface area contributed by atoms with E-state index < -0.39 is 0 Å². The van der Waals surface area contributed by atoms with Gasteiger partial charge in [0.05, 0.1) is 1.37 Å². The molecule has 0 radical (unpaired) electrons. The van der Waals surface area contributed by atoms with Crippen LogP contribution >= 0.6 is 11.8 Å². The highest BCUT2D eigenvalue weighted by molar-refractivity contribution is 7.98.